The standard InChI is InChI=1S/C13H22O6S/c1-5-18-11(14)10-7-9(3)13(8-10,20(4,16)17)12(15)19-6-2/h9-10H,5-8H2,1-4H3/t9-,10+,13-/m0/s1. The number of ether oxygens (including phenoxy) is 2. The van der Waals surface area contributed by atoms with E-state index in [1.165, 1.54) is 0 Å². The minimum absolute atomic E-state index is 0.0648. The lowest BCUT2D eigenvalue weighted by molar-refractivity contribution is -0.148. The van der Waals surface area contributed by atoms with E-state index in [0.717, 1.165) is 6.26 Å². The van der Waals surface area contributed by atoms with E-state index in [-0.39, 0.29) is 19.6 Å². The Morgan fingerprint density at radius 1 is 1.20 bits per heavy atom. The van der Waals surface area contributed by atoms with Crippen LogP contribution in [0.2, 0.25) is 0 Å². The molecule has 0 aromatic heterocycles. The van der Waals surface area contributed by atoms with Crippen LogP contribution in [0.5, 0.6) is 0 Å². The molecule has 0 aromatic carbocycles. The third kappa shape index (κ3) is 2.82. The molecule has 0 amide bonds. The maximum atomic E-state index is 12.2. The van der Waals surface area contributed by atoms with Gasteiger partial charge in [-0.25, -0.2) is 8.42 Å². The van der Waals surface area contributed by atoms with Gasteiger partial charge in [0.2, 0.25) is 0 Å². The van der Waals surface area contributed by atoms with E-state index in [1.807, 2.05) is 0 Å². The molecule has 7 heteroatoms. The van der Waals surface area contributed by atoms with Crippen molar-refractivity contribution in [2.75, 3.05) is 19.5 Å². The highest BCUT2D eigenvalue weighted by molar-refractivity contribution is 7.92. The Morgan fingerprint density at radius 2 is 1.75 bits per heavy atom. The number of rotatable bonds is 5. The zero-order valence-electron chi connectivity index (χ0n) is 12.3. The molecule has 0 heterocycles. The second-order valence-electron chi connectivity index (χ2n) is 5.17. The zero-order chi connectivity index (χ0) is 15.6. The summed E-state index contributed by atoms with van der Waals surface area (Å²) in [6.07, 6.45) is 1.27. The van der Waals surface area contributed by atoms with Crippen LogP contribution >= 0.6 is 0 Å². The number of sulfone groups is 1. The van der Waals surface area contributed by atoms with Crippen molar-refractivity contribution in [3.8, 4) is 0 Å². The number of carbonyl (C=O) groups excluding carboxylic acids is 2. The van der Waals surface area contributed by atoms with Gasteiger partial charge in [0.1, 0.15) is 0 Å². The molecule has 0 aromatic rings. The van der Waals surface area contributed by atoms with E-state index >= 15 is 0 Å². The van der Waals surface area contributed by atoms with Crippen LogP contribution in [0.4, 0.5) is 0 Å². The lowest BCUT2D eigenvalue weighted by Gasteiger charge is -2.29. The molecule has 1 aliphatic carbocycles. The summed E-state index contributed by atoms with van der Waals surface area (Å²) in [6.45, 7) is 5.31. The average molecular weight is 306 g/mol. The van der Waals surface area contributed by atoms with Crippen LogP contribution in [-0.2, 0) is 28.9 Å². The molecular weight excluding hydrogens is 284 g/mol. The lowest BCUT2D eigenvalue weighted by Crippen LogP contribution is -2.49. The quantitative estimate of drug-likeness (QED) is 0.703. The molecule has 0 aliphatic heterocycles. The zero-order valence-corrected chi connectivity index (χ0v) is 13.2. The van der Waals surface area contributed by atoms with Gasteiger partial charge in [0.05, 0.1) is 19.1 Å². The van der Waals surface area contributed by atoms with Crippen molar-refractivity contribution < 1.29 is 27.5 Å². The first-order chi connectivity index (χ1) is 9.20. The van der Waals surface area contributed by atoms with E-state index in [9.17, 15) is 18.0 Å². The average Bonchev–Trinajstić information content (AvgIpc) is 2.68. The third-order valence-corrected chi connectivity index (χ3v) is 5.95. The highest BCUT2D eigenvalue weighted by Crippen LogP contribution is 2.46. The Balaban J connectivity index is 3.14. The Hall–Kier alpha value is -1.11. The molecule has 1 rings (SSSR count). The summed E-state index contributed by atoms with van der Waals surface area (Å²) >= 11 is 0. The molecule has 0 radical (unpaired) electrons. The molecule has 1 saturated carbocycles. The van der Waals surface area contributed by atoms with Crippen LogP contribution in [0, 0.1) is 11.8 Å². The van der Waals surface area contributed by atoms with Crippen LogP contribution in [0.15, 0.2) is 0 Å². The third-order valence-electron chi connectivity index (χ3n) is 3.89. The topological polar surface area (TPSA) is 86.7 Å². The monoisotopic (exact) mass is 306 g/mol. The van der Waals surface area contributed by atoms with Gasteiger partial charge in [-0.3, -0.25) is 9.59 Å². The number of carbonyl (C=O) groups is 2. The predicted molar refractivity (Wildman–Crippen MR) is 72.7 cm³/mol. The minimum Gasteiger partial charge on any atom is -0.466 e. The van der Waals surface area contributed by atoms with Gasteiger partial charge in [-0.1, -0.05) is 6.92 Å². The first-order valence-corrected chi connectivity index (χ1v) is 8.63. The molecule has 20 heavy (non-hydrogen) atoms. The van der Waals surface area contributed by atoms with Gasteiger partial charge >= 0.3 is 11.9 Å². The molecule has 0 spiro atoms. The molecule has 3 atom stereocenters. The van der Waals surface area contributed by atoms with Gasteiger partial charge in [0.25, 0.3) is 0 Å². The molecule has 6 nitrogen and oxygen atoms in total. The smallest absolute Gasteiger partial charge is 0.327 e. The normalized spacial score (nSPS) is 30.0. The summed E-state index contributed by atoms with van der Waals surface area (Å²) in [4.78, 5) is 24.0. The van der Waals surface area contributed by atoms with E-state index in [4.69, 9.17) is 9.47 Å². The van der Waals surface area contributed by atoms with Crippen molar-refractivity contribution in [1.82, 2.24) is 0 Å². The minimum atomic E-state index is -3.70. The van der Waals surface area contributed by atoms with Gasteiger partial charge < -0.3 is 9.47 Å². The van der Waals surface area contributed by atoms with E-state index < -0.39 is 38.4 Å². The Labute approximate surface area is 119 Å². The van der Waals surface area contributed by atoms with Crippen LogP contribution in [0.1, 0.15) is 33.6 Å². The fourth-order valence-electron chi connectivity index (χ4n) is 2.91. The fourth-order valence-corrected chi connectivity index (χ4v) is 4.61. The summed E-state index contributed by atoms with van der Waals surface area (Å²) in [7, 11) is -3.70. The predicted octanol–water partition coefficient (Wildman–Crippen LogP) is 0.942. The van der Waals surface area contributed by atoms with Crippen molar-refractivity contribution in [2.24, 2.45) is 11.8 Å². The van der Waals surface area contributed by atoms with Crippen molar-refractivity contribution in [1.29, 1.82) is 0 Å². The van der Waals surface area contributed by atoms with Crippen molar-refractivity contribution >= 4 is 21.8 Å². The summed E-state index contributed by atoms with van der Waals surface area (Å²) in [5, 5.41) is 0. The fraction of sp³-hybridized carbons (Fsp3) is 0.846. The lowest BCUT2D eigenvalue weighted by atomic mass is 9.97. The second kappa shape index (κ2) is 6.11. The van der Waals surface area contributed by atoms with E-state index in [1.54, 1.807) is 20.8 Å². The van der Waals surface area contributed by atoms with E-state index in [2.05, 4.69) is 0 Å². The first-order valence-electron chi connectivity index (χ1n) is 6.74. The molecule has 0 N–H and O–H groups in total. The Morgan fingerprint density at radius 3 is 2.20 bits per heavy atom. The highest BCUT2D eigenvalue weighted by Gasteiger charge is 2.60. The van der Waals surface area contributed by atoms with Crippen LogP contribution in [-0.4, -0.2) is 44.6 Å². The Kier molecular flexibility index (Phi) is 5.18. The number of hydrogen-bond acceptors (Lipinski definition) is 6. The van der Waals surface area contributed by atoms with E-state index in [0.29, 0.717) is 6.42 Å². The largest absolute Gasteiger partial charge is 0.466 e. The summed E-state index contributed by atoms with van der Waals surface area (Å²) in [5.41, 5.74) is 0. The molecule has 116 valence electrons. The van der Waals surface area contributed by atoms with Crippen LogP contribution in [0.3, 0.4) is 0 Å². The van der Waals surface area contributed by atoms with Gasteiger partial charge in [-0.2, -0.15) is 0 Å². The molecule has 0 saturated heterocycles. The summed E-state index contributed by atoms with van der Waals surface area (Å²) < 4.78 is 32.5. The molecule has 0 bridgehead atoms. The van der Waals surface area contributed by atoms with Crippen molar-refractivity contribution in [3.05, 3.63) is 0 Å². The number of hydrogen-bond donors (Lipinski definition) is 0. The highest BCUT2D eigenvalue weighted by atomic mass is 32.2. The van der Waals surface area contributed by atoms with Gasteiger partial charge in [0, 0.05) is 6.26 Å². The SMILES string of the molecule is CCOC(=O)[C@@H]1C[C@H](C)[C@@](C(=O)OCC)(S(C)(=O)=O)C1. The maximum Gasteiger partial charge on any atom is 0.327 e. The Bertz CT molecular complexity index is 483. The molecule has 1 aliphatic rings. The molecular formula is C13H22O6S. The van der Waals surface area contributed by atoms with Gasteiger partial charge in [-0.15, -0.1) is 0 Å². The van der Waals surface area contributed by atoms with Gasteiger partial charge in [-0.05, 0) is 32.6 Å². The first kappa shape index (κ1) is 16.9. The van der Waals surface area contributed by atoms with Crippen molar-refractivity contribution in [3.63, 3.8) is 0 Å². The summed E-state index contributed by atoms with van der Waals surface area (Å²) in [6, 6.07) is 0. The van der Waals surface area contributed by atoms with Crippen LogP contribution in [0.25, 0.3) is 0 Å². The summed E-state index contributed by atoms with van der Waals surface area (Å²) in [5.74, 6) is -2.27. The second-order valence-corrected chi connectivity index (χ2v) is 7.44. The molecule has 0 unspecified atom stereocenters. The molecule has 1 fully saturated rings. The van der Waals surface area contributed by atoms with Crippen LogP contribution < -0.4 is 0 Å². The van der Waals surface area contributed by atoms with Crippen molar-refractivity contribution in [2.45, 2.75) is 38.4 Å². The van der Waals surface area contributed by atoms with Gasteiger partial charge in [0.15, 0.2) is 14.6 Å². The number of esters is 2. The maximum absolute atomic E-state index is 12.2.